The molecule has 2 heterocycles. The summed E-state index contributed by atoms with van der Waals surface area (Å²) in [5.74, 6) is 2.54. The van der Waals surface area contributed by atoms with Crippen molar-refractivity contribution in [2.24, 2.45) is 5.41 Å². The van der Waals surface area contributed by atoms with Crippen molar-refractivity contribution in [3.63, 3.8) is 0 Å². The minimum atomic E-state index is -0.915. The highest BCUT2D eigenvalue weighted by atomic mass is 35.5. The summed E-state index contributed by atoms with van der Waals surface area (Å²) in [4.78, 5) is 8.10. The van der Waals surface area contributed by atoms with Gasteiger partial charge in [0.05, 0.1) is 23.5 Å². The van der Waals surface area contributed by atoms with Crippen molar-refractivity contribution in [3.8, 4) is 12.3 Å². The summed E-state index contributed by atoms with van der Waals surface area (Å²) in [6.45, 7) is -0.253. The van der Waals surface area contributed by atoms with Crippen LogP contribution in [-0.2, 0) is 0 Å². The van der Waals surface area contributed by atoms with E-state index in [2.05, 4.69) is 15.9 Å². The number of halogens is 2. The standard InChI is InChI=1S/C14H13Cl2N3O2/c1-2-14(7-20)6-8(5-10(14)21)19-4-3-9-11(15)17-13(16)18-12(9)19/h1,3-4,8,10,20-21H,5-7H2/t8-,10-,14+/m0/s1. The van der Waals surface area contributed by atoms with Gasteiger partial charge in [0.15, 0.2) is 0 Å². The quantitative estimate of drug-likeness (QED) is 0.503. The fourth-order valence-corrected chi connectivity index (χ4v) is 3.41. The number of hydrogen-bond acceptors (Lipinski definition) is 4. The maximum Gasteiger partial charge on any atom is 0.225 e. The topological polar surface area (TPSA) is 71.2 Å². The third-order valence-electron chi connectivity index (χ3n) is 4.19. The fraction of sp³-hybridized carbons (Fsp3) is 0.429. The maximum atomic E-state index is 10.2. The monoisotopic (exact) mass is 325 g/mol. The molecule has 0 spiro atoms. The molecule has 1 aliphatic rings. The van der Waals surface area contributed by atoms with Crippen LogP contribution < -0.4 is 0 Å². The van der Waals surface area contributed by atoms with Gasteiger partial charge in [-0.2, -0.15) is 4.98 Å². The Bertz CT molecular complexity index is 740. The highest BCUT2D eigenvalue weighted by molar-refractivity contribution is 6.35. The Balaban J connectivity index is 2.05. The molecule has 1 saturated carbocycles. The predicted molar refractivity (Wildman–Crippen MR) is 80.2 cm³/mol. The van der Waals surface area contributed by atoms with Gasteiger partial charge in [-0.25, -0.2) is 4.98 Å². The van der Waals surface area contributed by atoms with Gasteiger partial charge in [-0.3, -0.25) is 0 Å². The number of aliphatic hydroxyl groups is 2. The van der Waals surface area contributed by atoms with Crippen LogP contribution in [0.25, 0.3) is 11.0 Å². The zero-order chi connectivity index (χ0) is 15.2. The lowest BCUT2D eigenvalue weighted by Crippen LogP contribution is -2.31. The molecule has 2 aromatic rings. The summed E-state index contributed by atoms with van der Waals surface area (Å²) in [6, 6.07) is 1.72. The molecule has 21 heavy (non-hydrogen) atoms. The largest absolute Gasteiger partial charge is 0.395 e. The normalized spacial score (nSPS) is 28.9. The molecule has 0 bridgehead atoms. The Kier molecular flexibility index (Phi) is 3.58. The smallest absolute Gasteiger partial charge is 0.225 e. The molecule has 0 saturated heterocycles. The molecule has 5 nitrogen and oxygen atoms in total. The molecule has 3 rings (SSSR count). The lowest BCUT2D eigenvalue weighted by atomic mass is 9.86. The van der Waals surface area contributed by atoms with E-state index in [4.69, 9.17) is 29.6 Å². The average Bonchev–Trinajstić information content (AvgIpc) is 3.00. The van der Waals surface area contributed by atoms with Crippen LogP contribution in [0.2, 0.25) is 10.4 Å². The first-order chi connectivity index (χ1) is 10.0. The summed E-state index contributed by atoms with van der Waals surface area (Å²) in [6.07, 6.45) is 7.46. The second-order valence-corrected chi connectivity index (χ2v) is 6.01. The first-order valence-corrected chi connectivity index (χ1v) is 7.22. The Morgan fingerprint density at radius 2 is 2.24 bits per heavy atom. The van der Waals surface area contributed by atoms with Crippen molar-refractivity contribution < 1.29 is 10.2 Å². The van der Waals surface area contributed by atoms with Gasteiger partial charge in [-0.1, -0.05) is 17.5 Å². The van der Waals surface area contributed by atoms with E-state index < -0.39 is 11.5 Å². The van der Waals surface area contributed by atoms with E-state index >= 15 is 0 Å². The van der Waals surface area contributed by atoms with Crippen LogP contribution in [0.3, 0.4) is 0 Å². The third-order valence-corrected chi connectivity index (χ3v) is 4.65. The first-order valence-electron chi connectivity index (χ1n) is 6.47. The Morgan fingerprint density at radius 3 is 2.86 bits per heavy atom. The van der Waals surface area contributed by atoms with Crippen LogP contribution >= 0.6 is 23.2 Å². The number of rotatable bonds is 2. The zero-order valence-electron chi connectivity index (χ0n) is 11.0. The molecule has 2 N–H and O–H groups in total. The van der Waals surface area contributed by atoms with Gasteiger partial charge in [0.25, 0.3) is 0 Å². The van der Waals surface area contributed by atoms with Crippen molar-refractivity contribution >= 4 is 34.2 Å². The highest BCUT2D eigenvalue weighted by Gasteiger charge is 2.46. The molecule has 0 amide bonds. The van der Waals surface area contributed by atoms with Crippen molar-refractivity contribution in [1.82, 2.24) is 14.5 Å². The van der Waals surface area contributed by atoms with E-state index in [1.54, 1.807) is 6.07 Å². The Morgan fingerprint density at radius 1 is 1.48 bits per heavy atom. The molecule has 0 aromatic carbocycles. The van der Waals surface area contributed by atoms with Crippen molar-refractivity contribution in [3.05, 3.63) is 22.7 Å². The fourth-order valence-electron chi connectivity index (χ4n) is 2.97. The van der Waals surface area contributed by atoms with Crippen molar-refractivity contribution in [2.75, 3.05) is 6.61 Å². The summed E-state index contributed by atoms with van der Waals surface area (Å²) >= 11 is 11.9. The van der Waals surface area contributed by atoms with Crippen LogP contribution in [0.15, 0.2) is 12.3 Å². The Labute approximate surface area is 131 Å². The maximum absolute atomic E-state index is 10.2. The van der Waals surface area contributed by atoms with Gasteiger partial charge in [0.2, 0.25) is 5.28 Å². The van der Waals surface area contributed by atoms with Gasteiger partial charge in [0.1, 0.15) is 10.8 Å². The van der Waals surface area contributed by atoms with Gasteiger partial charge in [0, 0.05) is 12.2 Å². The van der Waals surface area contributed by atoms with Crippen LogP contribution in [-0.4, -0.2) is 37.5 Å². The van der Waals surface area contributed by atoms with E-state index in [1.807, 2.05) is 10.8 Å². The van der Waals surface area contributed by atoms with Gasteiger partial charge < -0.3 is 14.8 Å². The van der Waals surface area contributed by atoms with Crippen molar-refractivity contribution in [2.45, 2.75) is 25.0 Å². The van der Waals surface area contributed by atoms with Gasteiger partial charge in [-0.05, 0) is 30.5 Å². The number of aromatic nitrogens is 3. The minimum absolute atomic E-state index is 0.0661. The SMILES string of the molecule is C#C[C@]1(CO)C[C@@H](n2ccc3c(Cl)nc(Cl)nc32)C[C@@H]1O. The molecule has 7 heteroatoms. The number of fused-ring (bicyclic) bond motifs is 1. The molecule has 0 radical (unpaired) electrons. The molecule has 1 fully saturated rings. The molecule has 110 valence electrons. The van der Waals surface area contributed by atoms with Gasteiger partial charge in [-0.15, -0.1) is 6.42 Å². The minimum Gasteiger partial charge on any atom is -0.395 e. The summed E-state index contributed by atoms with van der Waals surface area (Å²) in [5.41, 5.74) is -0.315. The number of terminal acetylenes is 1. The third kappa shape index (κ3) is 2.19. The summed E-state index contributed by atoms with van der Waals surface area (Å²) in [5, 5.41) is 20.8. The van der Waals surface area contributed by atoms with E-state index in [0.29, 0.717) is 23.9 Å². The average molecular weight is 326 g/mol. The Hall–Kier alpha value is -1.32. The molecule has 3 atom stereocenters. The molecular weight excluding hydrogens is 313 g/mol. The second kappa shape index (κ2) is 5.15. The zero-order valence-corrected chi connectivity index (χ0v) is 12.5. The summed E-state index contributed by atoms with van der Waals surface area (Å²) < 4.78 is 1.88. The van der Waals surface area contributed by atoms with E-state index in [9.17, 15) is 10.2 Å². The first kappa shape index (κ1) is 14.6. The summed E-state index contributed by atoms with van der Waals surface area (Å²) in [7, 11) is 0. The molecule has 2 aromatic heterocycles. The number of nitrogens with zero attached hydrogens (tertiary/aromatic N) is 3. The van der Waals surface area contributed by atoms with E-state index in [-0.39, 0.29) is 23.1 Å². The molecule has 1 aliphatic carbocycles. The molecule has 0 aliphatic heterocycles. The second-order valence-electron chi connectivity index (χ2n) is 5.31. The van der Waals surface area contributed by atoms with E-state index in [0.717, 1.165) is 0 Å². The van der Waals surface area contributed by atoms with E-state index in [1.165, 1.54) is 0 Å². The molecular formula is C14H13Cl2N3O2. The van der Waals surface area contributed by atoms with Crippen LogP contribution in [0, 0.1) is 17.8 Å². The van der Waals surface area contributed by atoms with Crippen molar-refractivity contribution in [1.29, 1.82) is 0 Å². The van der Waals surface area contributed by atoms with Crippen LogP contribution in [0.4, 0.5) is 0 Å². The van der Waals surface area contributed by atoms with Gasteiger partial charge >= 0.3 is 0 Å². The molecule has 0 unspecified atom stereocenters. The highest BCUT2D eigenvalue weighted by Crippen LogP contribution is 2.45. The lowest BCUT2D eigenvalue weighted by molar-refractivity contribution is 0.0475. The lowest BCUT2D eigenvalue weighted by Gasteiger charge is -2.23. The number of aliphatic hydroxyl groups excluding tert-OH is 2. The van der Waals surface area contributed by atoms with Crippen LogP contribution in [0.5, 0.6) is 0 Å². The predicted octanol–water partition coefficient (Wildman–Crippen LogP) is 2.05. The number of hydrogen-bond donors (Lipinski definition) is 2. The van der Waals surface area contributed by atoms with Crippen LogP contribution in [0.1, 0.15) is 18.9 Å².